The zero-order chi connectivity index (χ0) is 27.4. The van der Waals surface area contributed by atoms with Crippen molar-refractivity contribution in [1.29, 1.82) is 0 Å². The number of carbonyl (C=O) groups is 2. The van der Waals surface area contributed by atoms with Crippen molar-refractivity contribution in [2.45, 2.75) is 45.4 Å². The van der Waals surface area contributed by atoms with Crippen molar-refractivity contribution in [2.24, 2.45) is 11.8 Å². The van der Waals surface area contributed by atoms with Gasteiger partial charge < -0.3 is 29.2 Å². The lowest BCUT2D eigenvalue weighted by atomic mass is 9.84. The third-order valence-corrected chi connectivity index (χ3v) is 7.71. The van der Waals surface area contributed by atoms with E-state index in [4.69, 9.17) is 18.9 Å². The van der Waals surface area contributed by atoms with Crippen LogP contribution in [-0.4, -0.2) is 67.2 Å². The van der Waals surface area contributed by atoms with Crippen LogP contribution >= 0.6 is 15.9 Å². The number of ether oxygens (including phenoxy) is 4. The Morgan fingerprint density at radius 2 is 1.68 bits per heavy atom. The molecule has 2 N–H and O–H groups in total. The zero-order valence-electron chi connectivity index (χ0n) is 21.9. The van der Waals surface area contributed by atoms with E-state index in [1.54, 1.807) is 13.8 Å². The van der Waals surface area contributed by atoms with Gasteiger partial charge in [-0.25, -0.2) is 9.69 Å². The van der Waals surface area contributed by atoms with Gasteiger partial charge in [-0.05, 0) is 34.8 Å². The number of halogens is 1. The highest BCUT2D eigenvalue weighted by Gasteiger charge is 2.43. The van der Waals surface area contributed by atoms with E-state index in [1.165, 1.54) is 28.3 Å². The summed E-state index contributed by atoms with van der Waals surface area (Å²) in [5.41, 5.74) is 1.94. The van der Waals surface area contributed by atoms with Gasteiger partial charge >= 0.3 is 6.09 Å². The van der Waals surface area contributed by atoms with Crippen molar-refractivity contribution in [1.82, 2.24) is 4.90 Å². The van der Waals surface area contributed by atoms with Crippen molar-refractivity contribution < 1.29 is 38.7 Å². The molecule has 37 heavy (non-hydrogen) atoms. The van der Waals surface area contributed by atoms with Gasteiger partial charge in [-0.3, -0.25) is 4.79 Å². The van der Waals surface area contributed by atoms with Crippen LogP contribution in [-0.2, 0) is 16.0 Å². The second-order valence-corrected chi connectivity index (χ2v) is 9.96. The molecule has 1 heterocycles. The molecule has 0 saturated carbocycles. The maximum Gasteiger partial charge on any atom is 0.416 e. The van der Waals surface area contributed by atoms with Crippen LogP contribution in [0.1, 0.15) is 36.6 Å². The molecule has 2 amide bonds. The highest BCUT2D eigenvalue weighted by molar-refractivity contribution is 9.10. The summed E-state index contributed by atoms with van der Waals surface area (Å²) >= 11 is 3.49. The lowest BCUT2D eigenvalue weighted by Crippen LogP contribution is -2.47. The molecule has 202 valence electrons. The molecule has 5 atom stereocenters. The molecular formula is C27H34BrNO8. The minimum Gasteiger partial charge on any atom is -0.495 e. The summed E-state index contributed by atoms with van der Waals surface area (Å²) in [5, 5.41) is 22.6. The van der Waals surface area contributed by atoms with Gasteiger partial charge in [0.05, 0.1) is 50.0 Å². The summed E-state index contributed by atoms with van der Waals surface area (Å²) in [6, 6.07) is 9.00. The molecule has 0 unspecified atom stereocenters. The highest BCUT2D eigenvalue weighted by Crippen LogP contribution is 2.50. The summed E-state index contributed by atoms with van der Waals surface area (Å²) in [7, 11) is 4.43. The van der Waals surface area contributed by atoms with Crippen LogP contribution in [0.4, 0.5) is 4.79 Å². The Hall–Kier alpha value is -2.82. The number of cyclic esters (lactones) is 1. The summed E-state index contributed by atoms with van der Waals surface area (Å²) in [6.07, 6.45) is -2.88. The van der Waals surface area contributed by atoms with Gasteiger partial charge in [-0.1, -0.05) is 44.2 Å². The van der Waals surface area contributed by atoms with Crippen molar-refractivity contribution in [3.63, 3.8) is 0 Å². The predicted molar refractivity (Wildman–Crippen MR) is 140 cm³/mol. The lowest BCUT2D eigenvalue weighted by Gasteiger charge is -2.32. The third-order valence-electron chi connectivity index (χ3n) is 6.93. The first-order valence-corrected chi connectivity index (χ1v) is 12.8. The number of benzene rings is 2. The molecule has 10 heteroatoms. The van der Waals surface area contributed by atoms with Crippen LogP contribution in [0.25, 0.3) is 0 Å². The second-order valence-electron chi connectivity index (χ2n) is 9.16. The number of hydrogen-bond acceptors (Lipinski definition) is 8. The predicted octanol–water partition coefficient (Wildman–Crippen LogP) is 4.04. The molecule has 9 nitrogen and oxygen atoms in total. The first-order valence-electron chi connectivity index (χ1n) is 12.0. The molecule has 0 bridgehead atoms. The Balaban J connectivity index is 1.87. The number of aliphatic hydroxyl groups excluding tert-OH is 2. The summed E-state index contributed by atoms with van der Waals surface area (Å²) in [5.74, 6) is -1.31. The average molecular weight is 580 g/mol. The number of methoxy groups -OCH3 is 3. The van der Waals surface area contributed by atoms with Crippen molar-refractivity contribution in [3.8, 4) is 17.2 Å². The van der Waals surface area contributed by atoms with Gasteiger partial charge in [0.2, 0.25) is 5.91 Å². The van der Waals surface area contributed by atoms with E-state index in [2.05, 4.69) is 15.9 Å². The van der Waals surface area contributed by atoms with Crippen LogP contribution in [0, 0.1) is 18.8 Å². The number of amides is 2. The topological polar surface area (TPSA) is 115 Å². The third kappa shape index (κ3) is 5.56. The van der Waals surface area contributed by atoms with Crippen molar-refractivity contribution >= 4 is 27.9 Å². The summed E-state index contributed by atoms with van der Waals surface area (Å²) in [6.45, 7) is 5.02. The fourth-order valence-corrected chi connectivity index (χ4v) is 5.65. The maximum atomic E-state index is 13.4. The molecule has 1 saturated heterocycles. The fraction of sp³-hybridized carbons (Fsp3) is 0.481. The van der Waals surface area contributed by atoms with Crippen LogP contribution < -0.4 is 14.2 Å². The minimum atomic E-state index is -1.30. The Labute approximate surface area is 225 Å². The zero-order valence-corrected chi connectivity index (χ0v) is 23.4. The smallest absolute Gasteiger partial charge is 0.416 e. The molecule has 2 aromatic rings. The maximum absolute atomic E-state index is 13.4. The summed E-state index contributed by atoms with van der Waals surface area (Å²) < 4.78 is 22.2. The molecule has 1 aliphatic heterocycles. The second kappa shape index (κ2) is 12.1. The Morgan fingerprint density at radius 1 is 1.08 bits per heavy atom. The first-order chi connectivity index (χ1) is 17.6. The van der Waals surface area contributed by atoms with Crippen LogP contribution in [0.2, 0.25) is 0 Å². The molecule has 0 aliphatic carbocycles. The minimum absolute atomic E-state index is 0.0769. The van der Waals surface area contributed by atoms with Gasteiger partial charge in [-0.2, -0.15) is 0 Å². The van der Waals surface area contributed by atoms with E-state index in [-0.39, 0.29) is 12.4 Å². The number of aliphatic hydroxyl groups is 2. The van der Waals surface area contributed by atoms with Gasteiger partial charge in [0.1, 0.15) is 12.4 Å². The molecular weight excluding hydrogens is 546 g/mol. The van der Waals surface area contributed by atoms with E-state index >= 15 is 0 Å². The molecule has 3 rings (SSSR count). The highest BCUT2D eigenvalue weighted by atomic mass is 79.9. The SMILES string of the molecule is COc1c(C)c(OC)c(OC)c([C@H](O)[C@H](C)[C@@H](O)[C@@H](C)C(=O)N2C(=O)OC[C@H]2Cc2ccccc2)c1Br. The van der Waals surface area contributed by atoms with Crippen LogP contribution in [0.15, 0.2) is 34.8 Å². The lowest BCUT2D eigenvalue weighted by molar-refractivity contribution is -0.138. The molecule has 1 fully saturated rings. The molecule has 2 aromatic carbocycles. The number of hydrogen-bond donors (Lipinski definition) is 2. The quantitative estimate of drug-likeness (QED) is 0.433. The average Bonchev–Trinajstić information content (AvgIpc) is 3.26. The standard InChI is InChI=1S/C27H34BrNO8/c1-14(22(31)19-20(28)23(34-4)16(3)24(35-5)25(19)36-6)21(30)15(2)26(32)29-18(13-37-27(29)33)12-17-10-8-7-9-11-17/h7-11,14-15,18,21-22,30-31H,12-13H2,1-6H3/t14-,15-,18-,21-,22-/m1/s1. The molecule has 1 aliphatic rings. The van der Waals surface area contributed by atoms with Gasteiger partial charge in [0, 0.05) is 17.0 Å². The number of rotatable bonds is 10. The van der Waals surface area contributed by atoms with Gasteiger partial charge in [-0.15, -0.1) is 0 Å². The van der Waals surface area contributed by atoms with E-state index in [1.807, 2.05) is 30.3 Å². The number of carbonyl (C=O) groups excluding carboxylic acids is 2. The molecule has 0 spiro atoms. The first kappa shape index (κ1) is 28.7. The largest absolute Gasteiger partial charge is 0.495 e. The van der Waals surface area contributed by atoms with Crippen molar-refractivity contribution in [3.05, 3.63) is 51.5 Å². The molecule has 0 radical (unpaired) electrons. The van der Waals surface area contributed by atoms with Gasteiger partial charge in [0.25, 0.3) is 0 Å². The van der Waals surface area contributed by atoms with Gasteiger partial charge in [0.15, 0.2) is 11.5 Å². The Morgan fingerprint density at radius 3 is 2.24 bits per heavy atom. The van der Waals surface area contributed by atoms with E-state index in [9.17, 15) is 19.8 Å². The van der Waals surface area contributed by atoms with E-state index in [0.29, 0.717) is 33.5 Å². The Bertz CT molecular complexity index is 1130. The van der Waals surface area contributed by atoms with E-state index < -0.39 is 42.1 Å². The normalized spacial score (nSPS) is 18.6. The number of imide groups is 1. The molecule has 0 aromatic heterocycles. The monoisotopic (exact) mass is 579 g/mol. The van der Waals surface area contributed by atoms with E-state index in [0.717, 1.165) is 10.5 Å². The fourth-order valence-electron chi connectivity index (χ4n) is 4.78. The van der Waals surface area contributed by atoms with Crippen LogP contribution in [0.5, 0.6) is 17.2 Å². The number of nitrogens with zero attached hydrogens (tertiary/aromatic N) is 1. The Kier molecular flexibility index (Phi) is 9.44. The summed E-state index contributed by atoms with van der Waals surface area (Å²) in [4.78, 5) is 27.0. The van der Waals surface area contributed by atoms with Crippen LogP contribution in [0.3, 0.4) is 0 Å². The van der Waals surface area contributed by atoms with Crippen molar-refractivity contribution in [2.75, 3.05) is 27.9 Å².